The summed E-state index contributed by atoms with van der Waals surface area (Å²) in [5.41, 5.74) is 6.47. The van der Waals surface area contributed by atoms with Gasteiger partial charge >= 0.3 is 0 Å². The fourth-order valence-electron chi connectivity index (χ4n) is 3.01. The molecule has 7 heteroatoms. The van der Waals surface area contributed by atoms with Crippen molar-refractivity contribution in [2.45, 2.75) is 19.4 Å². The lowest BCUT2D eigenvalue weighted by molar-refractivity contribution is -0.119. The molecule has 0 saturated carbocycles. The Labute approximate surface area is 166 Å². The van der Waals surface area contributed by atoms with Gasteiger partial charge in [0.2, 0.25) is 5.91 Å². The van der Waals surface area contributed by atoms with Crippen LogP contribution >= 0.6 is 0 Å². The third-order valence-electron chi connectivity index (χ3n) is 4.56. The van der Waals surface area contributed by atoms with Gasteiger partial charge in [0.15, 0.2) is 0 Å². The van der Waals surface area contributed by atoms with Crippen LogP contribution in [-0.4, -0.2) is 22.4 Å². The van der Waals surface area contributed by atoms with Crippen LogP contribution in [-0.2, 0) is 11.2 Å². The first-order valence-corrected chi connectivity index (χ1v) is 8.99. The molecule has 0 aliphatic carbocycles. The molecular formula is C22H20FN3O3. The number of amides is 2. The highest BCUT2D eigenvalue weighted by atomic mass is 19.1. The maximum atomic E-state index is 13.2. The van der Waals surface area contributed by atoms with Gasteiger partial charge in [-0.2, -0.15) is 0 Å². The summed E-state index contributed by atoms with van der Waals surface area (Å²) in [5, 5.41) is 2.56. The predicted octanol–water partition coefficient (Wildman–Crippen LogP) is 2.11. The van der Waals surface area contributed by atoms with E-state index >= 15 is 0 Å². The van der Waals surface area contributed by atoms with Crippen molar-refractivity contribution in [3.05, 3.63) is 99.7 Å². The summed E-state index contributed by atoms with van der Waals surface area (Å²) >= 11 is 0. The van der Waals surface area contributed by atoms with Gasteiger partial charge in [-0.25, -0.2) is 4.39 Å². The largest absolute Gasteiger partial charge is 0.368 e. The first kappa shape index (κ1) is 20.0. The third kappa shape index (κ3) is 4.57. The first-order chi connectivity index (χ1) is 13.9. The Morgan fingerprint density at radius 3 is 2.34 bits per heavy atom. The van der Waals surface area contributed by atoms with E-state index in [2.05, 4.69) is 5.32 Å². The van der Waals surface area contributed by atoms with Gasteiger partial charge in [-0.05, 0) is 48.4 Å². The van der Waals surface area contributed by atoms with Crippen molar-refractivity contribution in [2.24, 2.45) is 5.73 Å². The van der Waals surface area contributed by atoms with Crippen molar-refractivity contribution in [3.8, 4) is 5.69 Å². The lowest BCUT2D eigenvalue weighted by Crippen LogP contribution is -2.47. The number of rotatable bonds is 6. The van der Waals surface area contributed by atoms with Crippen LogP contribution in [0.4, 0.5) is 4.39 Å². The van der Waals surface area contributed by atoms with Crippen molar-refractivity contribution in [3.63, 3.8) is 0 Å². The minimum atomic E-state index is -0.969. The van der Waals surface area contributed by atoms with Crippen molar-refractivity contribution in [2.75, 3.05) is 0 Å². The normalized spacial score (nSPS) is 11.7. The van der Waals surface area contributed by atoms with Crippen LogP contribution in [0.3, 0.4) is 0 Å². The fourth-order valence-corrected chi connectivity index (χ4v) is 3.01. The molecule has 2 amide bonds. The molecule has 0 saturated heterocycles. The molecule has 148 valence electrons. The van der Waals surface area contributed by atoms with E-state index in [1.54, 1.807) is 13.0 Å². The maximum Gasteiger partial charge on any atom is 0.268 e. The molecule has 0 bridgehead atoms. The molecule has 3 aromatic rings. The minimum absolute atomic E-state index is 0.101. The molecule has 0 fully saturated rings. The average Bonchev–Trinajstić information content (AvgIpc) is 2.69. The van der Waals surface area contributed by atoms with E-state index in [1.165, 1.54) is 35.0 Å². The SMILES string of the molecule is Cc1ccn(-c2ccc(F)cc2)c(=O)c1C(=O)N[C@@H](Cc1ccccc1)C(N)=O. The van der Waals surface area contributed by atoms with Gasteiger partial charge in [0.1, 0.15) is 17.4 Å². The van der Waals surface area contributed by atoms with Crippen LogP contribution in [0.5, 0.6) is 0 Å². The molecule has 1 heterocycles. The van der Waals surface area contributed by atoms with Crippen LogP contribution in [0.1, 0.15) is 21.5 Å². The smallest absolute Gasteiger partial charge is 0.268 e. The monoisotopic (exact) mass is 393 g/mol. The number of nitrogens with one attached hydrogen (secondary N) is 1. The summed E-state index contributed by atoms with van der Waals surface area (Å²) < 4.78 is 14.4. The number of aryl methyl sites for hydroxylation is 1. The predicted molar refractivity (Wildman–Crippen MR) is 107 cm³/mol. The molecule has 1 aromatic heterocycles. The van der Waals surface area contributed by atoms with Gasteiger partial charge in [-0.1, -0.05) is 30.3 Å². The number of primary amides is 1. The number of pyridine rings is 1. The van der Waals surface area contributed by atoms with Gasteiger partial charge in [-0.15, -0.1) is 0 Å². The zero-order chi connectivity index (χ0) is 21.0. The maximum absolute atomic E-state index is 13.2. The van der Waals surface area contributed by atoms with Gasteiger partial charge < -0.3 is 11.1 Å². The molecule has 3 rings (SSSR count). The number of hydrogen-bond donors (Lipinski definition) is 2. The second-order valence-electron chi connectivity index (χ2n) is 6.64. The Hall–Kier alpha value is -3.74. The van der Waals surface area contributed by atoms with Crippen molar-refractivity contribution in [1.29, 1.82) is 0 Å². The van der Waals surface area contributed by atoms with E-state index in [-0.39, 0.29) is 12.0 Å². The number of carbonyl (C=O) groups is 2. The molecule has 0 unspecified atom stereocenters. The van der Waals surface area contributed by atoms with E-state index < -0.39 is 29.2 Å². The Bertz CT molecular complexity index is 1090. The fraction of sp³-hybridized carbons (Fsp3) is 0.136. The number of nitrogens with two attached hydrogens (primary N) is 1. The number of nitrogens with zero attached hydrogens (tertiary/aromatic N) is 1. The van der Waals surface area contributed by atoms with E-state index in [4.69, 9.17) is 5.73 Å². The molecule has 0 spiro atoms. The summed E-state index contributed by atoms with van der Waals surface area (Å²) in [6, 6.07) is 15.1. The van der Waals surface area contributed by atoms with Gasteiger partial charge in [0.05, 0.1) is 0 Å². The van der Waals surface area contributed by atoms with Crippen molar-refractivity contribution < 1.29 is 14.0 Å². The third-order valence-corrected chi connectivity index (χ3v) is 4.56. The molecule has 0 radical (unpaired) electrons. The highest BCUT2D eigenvalue weighted by Gasteiger charge is 2.23. The quantitative estimate of drug-likeness (QED) is 0.672. The standard InChI is InChI=1S/C22H20FN3O3/c1-14-11-12-26(17-9-7-16(23)8-10-17)22(29)19(14)21(28)25-18(20(24)27)13-15-5-3-2-4-6-15/h2-12,18H,13H2,1H3,(H2,24,27)(H,25,28)/t18-/m0/s1. The van der Waals surface area contributed by atoms with Crippen molar-refractivity contribution in [1.82, 2.24) is 9.88 Å². The Morgan fingerprint density at radius 1 is 1.07 bits per heavy atom. The average molecular weight is 393 g/mol. The Morgan fingerprint density at radius 2 is 1.72 bits per heavy atom. The summed E-state index contributed by atoms with van der Waals surface area (Å²) in [6.07, 6.45) is 1.72. The highest BCUT2D eigenvalue weighted by Crippen LogP contribution is 2.10. The zero-order valence-corrected chi connectivity index (χ0v) is 15.8. The number of hydrogen-bond acceptors (Lipinski definition) is 3. The van der Waals surface area contributed by atoms with E-state index in [9.17, 15) is 18.8 Å². The Balaban J connectivity index is 1.91. The lowest BCUT2D eigenvalue weighted by atomic mass is 10.0. The molecule has 29 heavy (non-hydrogen) atoms. The molecule has 3 N–H and O–H groups in total. The van der Waals surface area contributed by atoms with E-state index in [0.29, 0.717) is 11.3 Å². The van der Waals surface area contributed by atoms with Crippen LogP contribution < -0.4 is 16.6 Å². The molecule has 0 aliphatic rings. The number of carbonyl (C=O) groups excluding carboxylic acids is 2. The zero-order valence-electron chi connectivity index (χ0n) is 15.8. The summed E-state index contributed by atoms with van der Waals surface area (Å²) in [4.78, 5) is 37.6. The Kier molecular flexibility index (Phi) is 5.87. The minimum Gasteiger partial charge on any atom is -0.368 e. The second-order valence-corrected chi connectivity index (χ2v) is 6.64. The molecular weight excluding hydrogens is 373 g/mol. The molecule has 2 aromatic carbocycles. The highest BCUT2D eigenvalue weighted by molar-refractivity contribution is 5.98. The van der Waals surface area contributed by atoms with Gasteiger partial charge in [0, 0.05) is 18.3 Å². The van der Waals surface area contributed by atoms with Crippen LogP contribution in [0.2, 0.25) is 0 Å². The van der Waals surface area contributed by atoms with Crippen LogP contribution in [0.15, 0.2) is 71.7 Å². The number of halogens is 1. The number of aromatic nitrogens is 1. The lowest BCUT2D eigenvalue weighted by Gasteiger charge is -2.17. The molecule has 1 atom stereocenters. The molecule has 6 nitrogen and oxygen atoms in total. The second kappa shape index (κ2) is 8.52. The van der Waals surface area contributed by atoms with Crippen molar-refractivity contribution >= 4 is 11.8 Å². The molecule has 0 aliphatic heterocycles. The summed E-state index contributed by atoms with van der Waals surface area (Å²) in [7, 11) is 0. The summed E-state index contributed by atoms with van der Waals surface area (Å²) in [5.74, 6) is -1.82. The van der Waals surface area contributed by atoms with Crippen LogP contribution in [0, 0.1) is 12.7 Å². The first-order valence-electron chi connectivity index (χ1n) is 8.99. The topological polar surface area (TPSA) is 94.2 Å². The van der Waals surface area contributed by atoms with Gasteiger partial charge in [-0.3, -0.25) is 19.0 Å². The number of benzene rings is 2. The van der Waals surface area contributed by atoms with Crippen LogP contribution in [0.25, 0.3) is 5.69 Å². The van der Waals surface area contributed by atoms with Gasteiger partial charge in [0.25, 0.3) is 11.5 Å². The van der Waals surface area contributed by atoms with E-state index in [1.807, 2.05) is 30.3 Å². The van der Waals surface area contributed by atoms with E-state index in [0.717, 1.165) is 5.56 Å². The summed E-state index contributed by atoms with van der Waals surface area (Å²) in [6.45, 7) is 1.63.